The van der Waals surface area contributed by atoms with Crippen LogP contribution < -0.4 is 17.5 Å². The van der Waals surface area contributed by atoms with Crippen LogP contribution in [0.25, 0.3) is 0 Å². The molecule has 71 valence electrons. The Balaban J connectivity index is -0.00000000214. The first kappa shape index (κ1) is 92.5. The van der Waals surface area contributed by atoms with Crippen LogP contribution in [-0.4, -0.2) is 62.7 Å². The van der Waals surface area contributed by atoms with Gasteiger partial charge in [-0.05, 0) is 0 Å². The molecule has 0 fully saturated rings. The SMILES string of the molecule is O.O.O.O.O=C([O-])O.[Cl-].[Mn+2].[NaH]. The summed E-state index contributed by atoms with van der Waals surface area (Å²) in [4.78, 5) is 8.44. The summed E-state index contributed by atoms with van der Waals surface area (Å²) in [7, 11) is 0. The van der Waals surface area contributed by atoms with Crippen molar-refractivity contribution in [2.24, 2.45) is 0 Å². The minimum atomic E-state index is -2.08. The fourth-order valence-electron chi connectivity index (χ4n) is 0. The molecule has 0 spiro atoms. The number of halogens is 1. The van der Waals surface area contributed by atoms with Gasteiger partial charge in [0, 0.05) is 0 Å². The Hall–Kier alpha value is 0.919. The molecule has 0 aliphatic carbocycles. The molecular formula is CH10ClMnNaO7. The molecule has 0 atom stereocenters. The molecule has 0 aromatic rings. The van der Waals surface area contributed by atoms with E-state index in [2.05, 4.69) is 0 Å². The van der Waals surface area contributed by atoms with Crippen molar-refractivity contribution in [2.75, 3.05) is 0 Å². The molecular weight excluding hydrogens is 237 g/mol. The molecule has 10 heteroatoms. The van der Waals surface area contributed by atoms with Crippen molar-refractivity contribution in [3.8, 4) is 0 Å². The fourth-order valence-corrected chi connectivity index (χ4v) is 0. The molecule has 0 aromatic heterocycles. The average Bonchev–Trinajstić information content (AvgIpc) is 0.811. The third-order valence-corrected chi connectivity index (χ3v) is 0. The predicted octanol–water partition coefficient (Wildman–Crippen LogP) is -8.06. The third kappa shape index (κ3) is 1030. The van der Waals surface area contributed by atoms with Crippen molar-refractivity contribution < 1.29 is 66.4 Å². The van der Waals surface area contributed by atoms with Gasteiger partial charge < -0.3 is 49.3 Å². The number of hydrogen-bond donors (Lipinski definition) is 1. The van der Waals surface area contributed by atoms with Gasteiger partial charge in [0.2, 0.25) is 6.16 Å². The molecule has 0 aromatic carbocycles. The van der Waals surface area contributed by atoms with Gasteiger partial charge in [0.05, 0.1) is 0 Å². The summed E-state index contributed by atoms with van der Waals surface area (Å²) < 4.78 is 0. The normalized spacial score (nSPS) is 2.18. The van der Waals surface area contributed by atoms with Gasteiger partial charge in [-0.25, -0.2) is 0 Å². The zero-order valence-electron chi connectivity index (χ0n) is 4.52. The van der Waals surface area contributed by atoms with Gasteiger partial charge in [-0.1, -0.05) is 0 Å². The molecule has 0 amide bonds. The Morgan fingerprint density at radius 2 is 1.09 bits per heavy atom. The van der Waals surface area contributed by atoms with Gasteiger partial charge in [-0.3, -0.25) is 0 Å². The zero-order chi connectivity index (χ0) is 3.58. The second-order valence-electron chi connectivity index (χ2n) is 0.266. The van der Waals surface area contributed by atoms with E-state index in [9.17, 15) is 0 Å². The number of hydrogen-bond acceptors (Lipinski definition) is 2. The van der Waals surface area contributed by atoms with Crippen molar-refractivity contribution in [3.05, 3.63) is 0 Å². The second kappa shape index (κ2) is 69.9. The quantitative estimate of drug-likeness (QED) is 0.417. The van der Waals surface area contributed by atoms with Gasteiger partial charge in [0.1, 0.15) is 0 Å². The van der Waals surface area contributed by atoms with Gasteiger partial charge >= 0.3 is 46.6 Å². The van der Waals surface area contributed by atoms with Crippen LogP contribution in [0.3, 0.4) is 0 Å². The molecule has 0 aliphatic heterocycles. The van der Waals surface area contributed by atoms with E-state index < -0.39 is 6.16 Å². The van der Waals surface area contributed by atoms with Crippen molar-refractivity contribution in [1.29, 1.82) is 0 Å². The number of carboxylic acid groups (broad SMARTS) is 2. The first-order valence-electron chi connectivity index (χ1n) is 0.632. The second-order valence-corrected chi connectivity index (χ2v) is 0.266. The fraction of sp³-hybridized carbons (Fsp3) is 0. The van der Waals surface area contributed by atoms with Crippen LogP contribution in [0.1, 0.15) is 0 Å². The molecule has 0 unspecified atom stereocenters. The van der Waals surface area contributed by atoms with Gasteiger partial charge in [0.15, 0.2) is 0 Å². The summed E-state index contributed by atoms with van der Waals surface area (Å²) in [5.41, 5.74) is 0. The van der Waals surface area contributed by atoms with E-state index in [1.807, 2.05) is 0 Å². The molecule has 0 heterocycles. The molecule has 0 aliphatic rings. The van der Waals surface area contributed by atoms with Gasteiger partial charge in [-0.15, -0.1) is 0 Å². The summed E-state index contributed by atoms with van der Waals surface area (Å²) in [5.74, 6) is 0. The Morgan fingerprint density at radius 3 is 1.09 bits per heavy atom. The van der Waals surface area contributed by atoms with Crippen molar-refractivity contribution in [3.63, 3.8) is 0 Å². The Labute approximate surface area is 102 Å². The van der Waals surface area contributed by atoms with Gasteiger partial charge in [-0.2, -0.15) is 0 Å². The first-order chi connectivity index (χ1) is 1.73. The van der Waals surface area contributed by atoms with Crippen molar-refractivity contribution in [2.45, 2.75) is 0 Å². The monoisotopic (exact) mass is 247 g/mol. The van der Waals surface area contributed by atoms with E-state index in [1.54, 1.807) is 0 Å². The molecule has 11 heavy (non-hydrogen) atoms. The summed E-state index contributed by atoms with van der Waals surface area (Å²) in [6.07, 6.45) is -2.08. The standard InChI is InChI=1S/CH2O3.ClH.Mn.Na.4H2O.H/c2-1(3)4;;;;;;;;/h(H2,2,3,4);1H;;;4*1H2;/q;;+2;;;;;;/p-2. The van der Waals surface area contributed by atoms with Crippen LogP contribution in [0.2, 0.25) is 0 Å². The maximum absolute atomic E-state index is 8.44. The van der Waals surface area contributed by atoms with Crippen LogP contribution in [0, 0.1) is 0 Å². The third-order valence-electron chi connectivity index (χ3n) is 0. The van der Waals surface area contributed by atoms with Crippen molar-refractivity contribution >= 4 is 35.7 Å². The first-order valence-corrected chi connectivity index (χ1v) is 0.632. The Morgan fingerprint density at radius 1 is 1.09 bits per heavy atom. The van der Waals surface area contributed by atoms with Crippen LogP contribution in [0.15, 0.2) is 0 Å². The molecule has 9 N–H and O–H groups in total. The van der Waals surface area contributed by atoms with E-state index in [0.717, 1.165) is 0 Å². The molecule has 0 saturated carbocycles. The topological polar surface area (TPSA) is 186 Å². The molecule has 0 saturated heterocycles. The van der Waals surface area contributed by atoms with Crippen LogP contribution in [-0.2, 0) is 17.1 Å². The summed E-state index contributed by atoms with van der Waals surface area (Å²) in [5, 5.41) is 15.3. The Kier molecular flexibility index (Phi) is 588. The maximum atomic E-state index is 8.44. The molecule has 0 bridgehead atoms. The van der Waals surface area contributed by atoms with Crippen molar-refractivity contribution in [1.82, 2.24) is 0 Å². The summed E-state index contributed by atoms with van der Waals surface area (Å²) >= 11 is 0. The predicted molar refractivity (Wildman–Crippen MR) is 29.6 cm³/mol. The van der Waals surface area contributed by atoms with Crippen LogP contribution in [0.4, 0.5) is 4.79 Å². The number of carbonyl (C=O) groups is 1. The van der Waals surface area contributed by atoms with E-state index in [-0.39, 0.29) is 80.9 Å². The van der Waals surface area contributed by atoms with E-state index in [0.29, 0.717) is 0 Å². The number of rotatable bonds is 0. The van der Waals surface area contributed by atoms with E-state index >= 15 is 0 Å². The average molecular weight is 247 g/mol. The Bertz CT molecular complexity index is 41.4. The zero-order valence-corrected chi connectivity index (χ0v) is 6.46. The van der Waals surface area contributed by atoms with Crippen LogP contribution >= 0.6 is 0 Å². The van der Waals surface area contributed by atoms with E-state index in [4.69, 9.17) is 15.0 Å². The molecule has 1 radical (unpaired) electrons. The van der Waals surface area contributed by atoms with E-state index in [1.165, 1.54) is 0 Å². The minimum absolute atomic E-state index is 0. The van der Waals surface area contributed by atoms with Gasteiger partial charge in [0.25, 0.3) is 0 Å². The molecule has 0 rings (SSSR count). The van der Waals surface area contributed by atoms with Crippen LogP contribution in [0.5, 0.6) is 0 Å². The molecule has 7 nitrogen and oxygen atoms in total. The summed E-state index contributed by atoms with van der Waals surface area (Å²) in [6, 6.07) is 0. The summed E-state index contributed by atoms with van der Waals surface area (Å²) in [6.45, 7) is 0.